The van der Waals surface area contributed by atoms with Crippen LogP contribution in [0.15, 0.2) is 61.2 Å². The van der Waals surface area contributed by atoms with Gasteiger partial charge in [-0.15, -0.1) is 0 Å². The lowest BCUT2D eigenvalue weighted by Gasteiger charge is -2.22. The molecule has 0 aromatic carbocycles. The molecular weight excluding hydrogens is 590 g/mol. The zero-order valence-electron chi connectivity index (χ0n) is 26.7. The highest BCUT2D eigenvalue weighted by Crippen LogP contribution is 1.97. The zero-order valence-corrected chi connectivity index (χ0v) is 26.7. The summed E-state index contributed by atoms with van der Waals surface area (Å²) in [6, 6.07) is 0. The molecule has 3 aromatic rings. The van der Waals surface area contributed by atoms with Crippen molar-refractivity contribution in [3.63, 3.8) is 0 Å². The van der Waals surface area contributed by atoms with E-state index >= 15 is 0 Å². The van der Waals surface area contributed by atoms with Crippen molar-refractivity contribution in [3.8, 4) is 0 Å². The molecule has 0 saturated carbocycles. The summed E-state index contributed by atoms with van der Waals surface area (Å²) < 4.78 is 15.2. The molecule has 0 fully saturated rings. The molecule has 0 unspecified atom stereocenters. The van der Waals surface area contributed by atoms with E-state index in [9.17, 15) is 14.4 Å². The molecule has 45 heavy (non-hydrogen) atoms. The van der Waals surface area contributed by atoms with Gasteiger partial charge < -0.3 is 36.5 Å². The Balaban J connectivity index is -0.000000520. The van der Waals surface area contributed by atoms with Gasteiger partial charge in [-0.3, -0.25) is 14.5 Å². The number of aliphatic imine (C=N–C) groups is 1. The minimum absolute atomic E-state index is 0. The van der Waals surface area contributed by atoms with Crippen LogP contribution in [-0.4, -0.2) is 124 Å². The largest absolute Gasteiger partial charge is 0.462 e. The number of hydrogen-bond donors (Lipinski definition) is 2. The second-order valence-electron chi connectivity index (χ2n) is 8.16. The number of primary amides is 1. The molecule has 3 heterocycles. The van der Waals surface area contributed by atoms with Gasteiger partial charge in [0.2, 0.25) is 6.41 Å². The van der Waals surface area contributed by atoms with Crippen LogP contribution >= 0.6 is 0 Å². The molecule has 0 aliphatic heterocycles. The molecule has 0 bridgehead atoms. The van der Waals surface area contributed by atoms with E-state index in [2.05, 4.69) is 34.9 Å². The molecule has 0 aliphatic rings. The maximum atomic E-state index is 11.2. The van der Waals surface area contributed by atoms with Crippen molar-refractivity contribution in [3.05, 3.63) is 72.9 Å². The number of carbonyl (C=O) groups excluding carboxylic acids is 3. The van der Waals surface area contributed by atoms with Crippen molar-refractivity contribution in [1.82, 2.24) is 45.9 Å². The van der Waals surface area contributed by atoms with Crippen LogP contribution in [0, 0.1) is 0 Å². The first kappa shape index (κ1) is 44.6. The Hall–Kier alpha value is -4.88. The topological polar surface area (TPSA) is 268 Å². The maximum absolute atomic E-state index is 11.2. The van der Waals surface area contributed by atoms with Crippen LogP contribution < -0.4 is 11.9 Å². The first-order chi connectivity index (χ1) is 20.6. The number of aromatic nitrogens is 6. The molecule has 0 aliphatic carbocycles. The molecule has 18 heteroatoms. The lowest BCUT2D eigenvalue weighted by atomic mass is 10.3. The Kier molecular flexibility index (Phi) is 27.7. The number of nitrogens with two attached hydrogens (primary N) is 1. The Morgan fingerprint density at radius 2 is 1.16 bits per heavy atom. The van der Waals surface area contributed by atoms with Crippen LogP contribution in [0.2, 0.25) is 0 Å². The zero-order chi connectivity index (χ0) is 32.5. The van der Waals surface area contributed by atoms with E-state index in [4.69, 9.17) is 19.9 Å². The third-order valence-electron chi connectivity index (χ3n) is 4.17. The quantitative estimate of drug-likeness (QED) is 0.134. The standard InChI is InChI=1S/C8H10N4O.C7H8N2O2.C7H17NO2.C5H5N3O.H3N.H2O/c1-12(2)6-11-8(13)7-3-9-5-10-4-7;1-2-11-7(10)6-3-8-5-9-4-6;1-5-9-7(8(3)4)10-6-2;6-5(9)4-1-7-3-8-2-4;;/h3-6H,1-2H3;3-5H,2H2,1H3;7H,5-6H2,1-4H3;1-3H,(H2,6,9);1H3;1H2. The molecule has 0 saturated heterocycles. The lowest BCUT2D eigenvalue weighted by Crippen LogP contribution is -2.33. The fourth-order valence-electron chi connectivity index (χ4n) is 2.33. The van der Waals surface area contributed by atoms with Gasteiger partial charge >= 0.3 is 5.97 Å². The average Bonchev–Trinajstić information content (AvgIpc) is 3.02. The van der Waals surface area contributed by atoms with E-state index in [1.54, 1.807) is 25.9 Å². The van der Waals surface area contributed by atoms with Crippen LogP contribution in [0.3, 0.4) is 0 Å². The SMILES string of the molecule is CCOC(=O)c1cncnc1.CCOC(OCC)N(C)C.CN(C)C=NC(=O)c1cncnc1.N.NC(=O)c1cncnc1.O. The molecule has 3 rings (SSSR count). The highest BCUT2D eigenvalue weighted by Gasteiger charge is 2.08. The highest BCUT2D eigenvalue weighted by molar-refractivity contribution is 5.98. The van der Waals surface area contributed by atoms with Gasteiger partial charge in [-0.05, 0) is 34.9 Å². The highest BCUT2D eigenvalue weighted by atomic mass is 16.7. The van der Waals surface area contributed by atoms with Crippen molar-refractivity contribution in [2.24, 2.45) is 10.7 Å². The molecule has 0 spiro atoms. The third kappa shape index (κ3) is 22.3. The van der Waals surface area contributed by atoms with E-state index in [1.807, 2.05) is 32.8 Å². The van der Waals surface area contributed by atoms with Gasteiger partial charge in [0.15, 0.2) is 0 Å². The number of esters is 1. The summed E-state index contributed by atoms with van der Waals surface area (Å²) in [6.45, 7) is 7.39. The number of nitrogens with zero attached hydrogens (tertiary/aromatic N) is 9. The summed E-state index contributed by atoms with van der Waals surface area (Å²) in [5.41, 5.74) is 6.00. The predicted molar refractivity (Wildman–Crippen MR) is 166 cm³/mol. The van der Waals surface area contributed by atoms with Crippen LogP contribution in [-0.2, 0) is 14.2 Å². The first-order valence-electron chi connectivity index (χ1n) is 12.9. The second-order valence-corrected chi connectivity index (χ2v) is 8.16. The van der Waals surface area contributed by atoms with Gasteiger partial charge in [0.25, 0.3) is 11.8 Å². The minimum atomic E-state index is -0.504. The van der Waals surface area contributed by atoms with Crippen molar-refractivity contribution in [2.75, 3.05) is 48.0 Å². The minimum Gasteiger partial charge on any atom is -0.462 e. The molecule has 250 valence electrons. The second kappa shape index (κ2) is 27.9. The van der Waals surface area contributed by atoms with Gasteiger partial charge in [-0.2, -0.15) is 4.99 Å². The fraction of sp³-hybridized carbons (Fsp3) is 0.407. The number of amides is 2. The molecule has 0 radical (unpaired) electrons. The summed E-state index contributed by atoms with van der Waals surface area (Å²) in [4.78, 5) is 61.8. The van der Waals surface area contributed by atoms with Crippen LogP contribution in [0.25, 0.3) is 0 Å². The van der Waals surface area contributed by atoms with E-state index in [1.165, 1.54) is 62.5 Å². The van der Waals surface area contributed by atoms with Gasteiger partial charge in [0.1, 0.15) is 19.0 Å². The number of carbonyl (C=O) groups is 3. The van der Waals surface area contributed by atoms with E-state index < -0.39 is 5.91 Å². The summed E-state index contributed by atoms with van der Waals surface area (Å²) in [5.74, 6) is -1.22. The van der Waals surface area contributed by atoms with Crippen LogP contribution in [0.5, 0.6) is 0 Å². The number of ether oxygens (including phenoxy) is 3. The average molecular weight is 636 g/mol. The third-order valence-corrected chi connectivity index (χ3v) is 4.17. The van der Waals surface area contributed by atoms with E-state index in [-0.39, 0.29) is 29.9 Å². The Labute approximate surface area is 263 Å². The van der Waals surface area contributed by atoms with E-state index in [0.29, 0.717) is 36.5 Å². The predicted octanol–water partition coefficient (Wildman–Crippen LogP) is 0.677. The molecule has 3 aromatic heterocycles. The summed E-state index contributed by atoms with van der Waals surface area (Å²) in [7, 11) is 7.43. The van der Waals surface area contributed by atoms with Crippen molar-refractivity contribution < 1.29 is 34.1 Å². The van der Waals surface area contributed by atoms with Gasteiger partial charge in [-0.1, -0.05) is 0 Å². The lowest BCUT2D eigenvalue weighted by molar-refractivity contribution is -0.206. The molecular formula is C27H45N11O7. The van der Waals surface area contributed by atoms with Gasteiger partial charge in [0.05, 0.1) is 29.6 Å². The Morgan fingerprint density at radius 3 is 1.47 bits per heavy atom. The molecule has 2 amide bonds. The van der Waals surface area contributed by atoms with E-state index in [0.717, 1.165) is 0 Å². The Bertz CT molecular complexity index is 1190. The van der Waals surface area contributed by atoms with Crippen LogP contribution in [0.1, 0.15) is 51.8 Å². The van der Waals surface area contributed by atoms with Gasteiger partial charge in [-0.25, -0.2) is 34.7 Å². The van der Waals surface area contributed by atoms with Crippen molar-refractivity contribution in [2.45, 2.75) is 27.2 Å². The first-order valence-corrected chi connectivity index (χ1v) is 12.9. The summed E-state index contributed by atoms with van der Waals surface area (Å²) in [6.07, 6.45) is 13.8. The molecule has 7 N–H and O–H groups in total. The molecule has 0 atom stereocenters. The Morgan fingerprint density at radius 1 is 0.756 bits per heavy atom. The van der Waals surface area contributed by atoms with Gasteiger partial charge in [0, 0.05) is 64.5 Å². The molecule has 18 nitrogen and oxygen atoms in total. The van der Waals surface area contributed by atoms with Crippen LogP contribution in [0.4, 0.5) is 0 Å². The summed E-state index contributed by atoms with van der Waals surface area (Å²) in [5, 5.41) is 0. The smallest absolute Gasteiger partial charge is 0.341 e. The number of rotatable bonds is 10. The summed E-state index contributed by atoms with van der Waals surface area (Å²) >= 11 is 0. The fourth-order valence-corrected chi connectivity index (χ4v) is 2.33. The van der Waals surface area contributed by atoms with Crippen molar-refractivity contribution in [1.29, 1.82) is 0 Å². The maximum Gasteiger partial charge on any atom is 0.341 e. The monoisotopic (exact) mass is 635 g/mol. The normalized spacial score (nSPS) is 9.53. The van der Waals surface area contributed by atoms with Crippen molar-refractivity contribution >= 4 is 24.1 Å². The number of hydrogen-bond acceptors (Lipinski definition) is 14.